The van der Waals surface area contributed by atoms with E-state index in [1.54, 1.807) is 11.8 Å². The van der Waals surface area contributed by atoms with Crippen LogP contribution in [-0.2, 0) is 10.0 Å². The van der Waals surface area contributed by atoms with Crippen molar-refractivity contribution in [2.75, 3.05) is 24.6 Å². The number of nitrogens with zero attached hydrogens (tertiary/aromatic N) is 2. The van der Waals surface area contributed by atoms with Crippen molar-refractivity contribution in [3.63, 3.8) is 0 Å². The Morgan fingerprint density at radius 2 is 2.05 bits per heavy atom. The quantitative estimate of drug-likeness (QED) is 0.625. The molecule has 9 heteroatoms. The van der Waals surface area contributed by atoms with Gasteiger partial charge in [0.15, 0.2) is 0 Å². The fraction of sp³-hybridized carbons (Fsp3) is 0.455. The van der Waals surface area contributed by atoms with Crippen LogP contribution in [-0.4, -0.2) is 42.2 Å². The average molecular weight is 337 g/mol. The minimum absolute atomic E-state index is 0.00694. The van der Waals surface area contributed by atoms with Crippen LogP contribution in [0.3, 0.4) is 0 Å². The molecule has 0 aromatic heterocycles. The van der Waals surface area contributed by atoms with Gasteiger partial charge in [-0.25, -0.2) is 8.42 Å². The van der Waals surface area contributed by atoms with Crippen LogP contribution in [0.15, 0.2) is 23.1 Å². The lowest BCUT2D eigenvalue weighted by atomic mass is 10.3. The van der Waals surface area contributed by atoms with Crippen molar-refractivity contribution in [1.82, 2.24) is 4.31 Å². The molecule has 0 N–H and O–H groups in total. The van der Waals surface area contributed by atoms with E-state index in [1.165, 1.54) is 16.4 Å². The number of benzene rings is 1. The molecule has 0 saturated carbocycles. The molecular formula is C11H13ClN2O4S2. The summed E-state index contributed by atoms with van der Waals surface area (Å²) in [6.45, 7) is 0.806. The number of hydrogen-bond acceptors (Lipinski definition) is 5. The van der Waals surface area contributed by atoms with Crippen molar-refractivity contribution in [3.05, 3.63) is 33.3 Å². The molecule has 0 atom stereocenters. The molecular weight excluding hydrogens is 324 g/mol. The molecule has 0 unspecified atom stereocenters. The first-order valence-electron chi connectivity index (χ1n) is 5.95. The van der Waals surface area contributed by atoms with E-state index >= 15 is 0 Å². The van der Waals surface area contributed by atoms with Gasteiger partial charge in [0.1, 0.15) is 4.90 Å². The van der Waals surface area contributed by atoms with Crippen molar-refractivity contribution < 1.29 is 13.3 Å². The monoisotopic (exact) mass is 336 g/mol. The molecule has 2 rings (SSSR count). The second-order valence-corrected chi connectivity index (χ2v) is 7.78. The number of nitro groups is 1. The third-order valence-electron chi connectivity index (χ3n) is 2.92. The van der Waals surface area contributed by atoms with Crippen molar-refractivity contribution in [2.45, 2.75) is 11.3 Å². The number of sulfonamides is 1. The summed E-state index contributed by atoms with van der Waals surface area (Å²) in [6, 6.07) is 3.47. The number of nitro benzene ring substituents is 1. The molecule has 0 amide bonds. The van der Waals surface area contributed by atoms with Crippen LogP contribution in [0.1, 0.15) is 6.42 Å². The Hall–Kier alpha value is -0.830. The van der Waals surface area contributed by atoms with Crippen LogP contribution >= 0.6 is 23.4 Å². The summed E-state index contributed by atoms with van der Waals surface area (Å²) in [5, 5.41) is 10.8. The van der Waals surface area contributed by atoms with E-state index in [0.717, 1.165) is 18.2 Å². The van der Waals surface area contributed by atoms with Crippen LogP contribution in [0.2, 0.25) is 5.02 Å². The summed E-state index contributed by atoms with van der Waals surface area (Å²) in [5.74, 6) is 1.63. The first-order chi connectivity index (χ1) is 9.43. The minimum atomic E-state index is -3.79. The summed E-state index contributed by atoms with van der Waals surface area (Å²) in [6.07, 6.45) is 0.760. The molecule has 1 heterocycles. The zero-order valence-corrected chi connectivity index (χ0v) is 12.9. The van der Waals surface area contributed by atoms with E-state index in [1.807, 2.05) is 0 Å². The van der Waals surface area contributed by atoms with E-state index in [2.05, 4.69) is 0 Å². The van der Waals surface area contributed by atoms with Crippen LogP contribution < -0.4 is 0 Å². The number of thioether (sulfide) groups is 1. The first-order valence-corrected chi connectivity index (χ1v) is 8.92. The van der Waals surface area contributed by atoms with Gasteiger partial charge in [-0.1, -0.05) is 11.6 Å². The van der Waals surface area contributed by atoms with Gasteiger partial charge in [0.2, 0.25) is 10.0 Å². The van der Waals surface area contributed by atoms with E-state index < -0.39 is 14.9 Å². The molecule has 0 radical (unpaired) electrons. The lowest BCUT2D eigenvalue weighted by Crippen LogP contribution is -2.33. The number of rotatable bonds is 3. The van der Waals surface area contributed by atoms with Gasteiger partial charge in [-0.2, -0.15) is 16.1 Å². The van der Waals surface area contributed by atoms with Gasteiger partial charge in [0, 0.05) is 31.0 Å². The Bertz CT molecular complexity index is 613. The molecule has 1 aromatic carbocycles. The van der Waals surface area contributed by atoms with E-state index in [0.29, 0.717) is 18.8 Å². The lowest BCUT2D eigenvalue weighted by molar-refractivity contribution is -0.385. The lowest BCUT2D eigenvalue weighted by Gasteiger charge is -2.20. The number of halogens is 1. The predicted octanol–water partition coefficient (Wildman–Crippen LogP) is 2.38. The predicted molar refractivity (Wildman–Crippen MR) is 78.8 cm³/mol. The highest BCUT2D eigenvalue weighted by Gasteiger charge is 2.29. The summed E-state index contributed by atoms with van der Waals surface area (Å²) < 4.78 is 26.4. The van der Waals surface area contributed by atoms with Gasteiger partial charge in [0.05, 0.1) is 9.95 Å². The van der Waals surface area contributed by atoms with E-state index in [-0.39, 0.29) is 15.6 Å². The Kier molecular flexibility index (Phi) is 4.90. The first kappa shape index (κ1) is 15.6. The summed E-state index contributed by atoms with van der Waals surface area (Å²) in [7, 11) is -3.79. The van der Waals surface area contributed by atoms with Gasteiger partial charge in [-0.15, -0.1) is 0 Å². The fourth-order valence-corrected chi connectivity index (χ4v) is 4.88. The smallest absolute Gasteiger partial charge is 0.258 e. The van der Waals surface area contributed by atoms with Crippen LogP contribution in [0.4, 0.5) is 5.69 Å². The molecule has 0 spiro atoms. The summed E-state index contributed by atoms with van der Waals surface area (Å²) in [4.78, 5) is 9.95. The highest BCUT2D eigenvalue weighted by Crippen LogP contribution is 2.29. The van der Waals surface area contributed by atoms with E-state index in [4.69, 9.17) is 11.6 Å². The molecule has 1 saturated heterocycles. The largest absolute Gasteiger partial charge is 0.270 e. The average Bonchev–Trinajstić information content (AvgIpc) is 2.68. The Morgan fingerprint density at radius 1 is 1.30 bits per heavy atom. The molecule has 1 aliphatic heterocycles. The zero-order chi connectivity index (χ0) is 14.8. The summed E-state index contributed by atoms with van der Waals surface area (Å²) in [5.41, 5.74) is -0.280. The van der Waals surface area contributed by atoms with Crippen molar-refractivity contribution in [2.24, 2.45) is 0 Å². The molecule has 110 valence electrons. The standard InChI is InChI=1S/C11H13ClN2O4S2/c12-10-3-2-9(14(15)16)8-11(10)20(17,18)13-4-1-6-19-7-5-13/h2-3,8H,1,4-7H2. The number of hydrogen-bond donors (Lipinski definition) is 0. The molecule has 20 heavy (non-hydrogen) atoms. The molecule has 1 fully saturated rings. The maximum Gasteiger partial charge on any atom is 0.270 e. The van der Waals surface area contributed by atoms with Crippen LogP contribution in [0.5, 0.6) is 0 Å². The Balaban J connectivity index is 2.42. The van der Waals surface area contributed by atoms with Crippen LogP contribution in [0, 0.1) is 10.1 Å². The van der Waals surface area contributed by atoms with Crippen molar-refractivity contribution >= 4 is 39.1 Å². The molecule has 1 aliphatic rings. The third-order valence-corrected chi connectivity index (χ3v) is 6.35. The maximum atomic E-state index is 12.5. The molecule has 6 nitrogen and oxygen atoms in total. The van der Waals surface area contributed by atoms with Gasteiger partial charge < -0.3 is 0 Å². The fourth-order valence-electron chi connectivity index (χ4n) is 1.91. The molecule has 0 bridgehead atoms. The summed E-state index contributed by atoms with van der Waals surface area (Å²) >= 11 is 7.61. The zero-order valence-electron chi connectivity index (χ0n) is 10.5. The SMILES string of the molecule is O=[N+]([O-])c1ccc(Cl)c(S(=O)(=O)N2CCCSCC2)c1. The van der Waals surface area contributed by atoms with Crippen molar-refractivity contribution in [3.8, 4) is 0 Å². The highest BCUT2D eigenvalue weighted by atomic mass is 35.5. The highest BCUT2D eigenvalue weighted by molar-refractivity contribution is 7.99. The van der Waals surface area contributed by atoms with Gasteiger partial charge in [0.25, 0.3) is 5.69 Å². The number of non-ortho nitro benzene ring substituents is 1. The Labute approximate surface area is 126 Å². The molecule has 0 aliphatic carbocycles. The van der Waals surface area contributed by atoms with Gasteiger partial charge >= 0.3 is 0 Å². The topological polar surface area (TPSA) is 80.5 Å². The second kappa shape index (κ2) is 6.30. The minimum Gasteiger partial charge on any atom is -0.258 e. The van der Waals surface area contributed by atoms with Gasteiger partial charge in [-0.05, 0) is 18.2 Å². The second-order valence-electron chi connectivity index (χ2n) is 4.24. The van der Waals surface area contributed by atoms with Crippen molar-refractivity contribution in [1.29, 1.82) is 0 Å². The third kappa shape index (κ3) is 3.25. The van der Waals surface area contributed by atoms with Gasteiger partial charge in [-0.3, -0.25) is 10.1 Å². The van der Waals surface area contributed by atoms with Crippen LogP contribution in [0.25, 0.3) is 0 Å². The van der Waals surface area contributed by atoms with E-state index in [9.17, 15) is 18.5 Å². The molecule has 1 aromatic rings. The normalized spacial score (nSPS) is 17.6. The maximum absolute atomic E-state index is 12.5. The Morgan fingerprint density at radius 3 is 2.75 bits per heavy atom.